The van der Waals surface area contributed by atoms with E-state index in [1.807, 2.05) is 36.4 Å². The Morgan fingerprint density at radius 3 is 2.48 bits per heavy atom. The average molecular weight is 637 g/mol. The van der Waals surface area contributed by atoms with Gasteiger partial charge in [-0.2, -0.15) is 0 Å². The molecular formula is C34H32Cl2FN3O4. The zero-order valence-electron chi connectivity index (χ0n) is 23.8. The Morgan fingerprint density at radius 1 is 0.977 bits per heavy atom. The van der Waals surface area contributed by atoms with Gasteiger partial charge in [0.15, 0.2) is 11.6 Å². The van der Waals surface area contributed by atoms with E-state index in [0.29, 0.717) is 52.9 Å². The van der Waals surface area contributed by atoms with Gasteiger partial charge >= 0.3 is 0 Å². The molecule has 7 nitrogen and oxygen atoms in total. The number of hydrazine groups is 1. The Bertz CT molecular complexity index is 1600. The van der Waals surface area contributed by atoms with E-state index in [1.54, 1.807) is 48.5 Å². The van der Waals surface area contributed by atoms with Crippen LogP contribution in [0.2, 0.25) is 10.0 Å². The molecule has 0 aliphatic carbocycles. The summed E-state index contributed by atoms with van der Waals surface area (Å²) in [6.07, 6.45) is 0.330. The van der Waals surface area contributed by atoms with Crippen molar-refractivity contribution in [1.29, 1.82) is 0 Å². The first-order chi connectivity index (χ1) is 21.4. The SMILES string of the molecule is O=C(NNCCc1cccc(F)c1)[C@@]1(Cc2ccccc2)N=C(c2ccc(OCCCO)cc2)O[C@H]1c1ccc(Cl)cc1Cl. The number of hydrogen-bond acceptors (Lipinski definition) is 6. The first-order valence-electron chi connectivity index (χ1n) is 14.3. The minimum absolute atomic E-state index is 0.0442. The molecule has 2 atom stereocenters. The number of aliphatic hydroxyl groups excluding tert-OH is 1. The standard InChI is InChI=1S/C34H32Cl2FN3O4/c35-26-12-15-29(30(36)21-26)31-34(22-24-6-2-1-3-7-24,33(42)40-38-17-16-23-8-4-9-27(37)20-23)39-32(44-31)25-10-13-28(14-11-25)43-19-5-18-41/h1-4,6-15,20-21,31,38,41H,5,16-19,22H2,(H,40,42)/t31-,34-/m0/s1. The van der Waals surface area contributed by atoms with E-state index in [9.17, 15) is 9.18 Å². The summed E-state index contributed by atoms with van der Waals surface area (Å²) < 4.78 is 25.8. The van der Waals surface area contributed by atoms with Crippen LogP contribution in [0.3, 0.4) is 0 Å². The van der Waals surface area contributed by atoms with E-state index in [2.05, 4.69) is 10.9 Å². The lowest BCUT2D eigenvalue weighted by Crippen LogP contribution is -2.54. The van der Waals surface area contributed by atoms with E-state index in [4.69, 9.17) is 42.8 Å². The molecule has 4 aromatic carbocycles. The zero-order valence-corrected chi connectivity index (χ0v) is 25.3. The van der Waals surface area contributed by atoms with E-state index in [0.717, 1.165) is 11.1 Å². The maximum absolute atomic E-state index is 14.2. The van der Waals surface area contributed by atoms with Gasteiger partial charge < -0.3 is 14.6 Å². The van der Waals surface area contributed by atoms with Crippen molar-refractivity contribution in [2.24, 2.45) is 4.99 Å². The van der Waals surface area contributed by atoms with Crippen molar-refractivity contribution < 1.29 is 23.8 Å². The lowest BCUT2D eigenvalue weighted by Gasteiger charge is -2.31. The third kappa shape index (κ3) is 7.57. The summed E-state index contributed by atoms with van der Waals surface area (Å²) in [5.41, 5.74) is 7.24. The fraction of sp³-hybridized carbons (Fsp3) is 0.235. The van der Waals surface area contributed by atoms with Crippen LogP contribution >= 0.6 is 23.2 Å². The molecule has 3 N–H and O–H groups in total. The molecule has 0 saturated heterocycles. The molecule has 0 saturated carbocycles. The number of carbonyl (C=O) groups is 1. The highest BCUT2D eigenvalue weighted by molar-refractivity contribution is 6.35. The van der Waals surface area contributed by atoms with Gasteiger partial charge in [0.2, 0.25) is 5.90 Å². The first kappa shape index (κ1) is 31.5. The maximum Gasteiger partial charge on any atom is 0.266 e. The summed E-state index contributed by atoms with van der Waals surface area (Å²) >= 11 is 12.9. The molecule has 0 radical (unpaired) electrons. The monoisotopic (exact) mass is 635 g/mol. The number of hydrogen-bond donors (Lipinski definition) is 3. The lowest BCUT2D eigenvalue weighted by molar-refractivity contribution is -0.130. The molecule has 0 unspecified atom stereocenters. The number of benzene rings is 4. The number of nitrogens with zero attached hydrogens (tertiary/aromatic N) is 1. The third-order valence-electron chi connectivity index (χ3n) is 7.22. The van der Waals surface area contributed by atoms with Crippen molar-refractivity contribution in [2.75, 3.05) is 19.8 Å². The van der Waals surface area contributed by atoms with Gasteiger partial charge in [-0.05, 0) is 66.1 Å². The minimum Gasteiger partial charge on any atom is -0.494 e. The number of rotatable bonds is 13. The van der Waals surface area contributed by atoms with Gasteiger partial charge in [0, 0.05) is 47.2 Å². The first-order valence-corrected chi connectivity index (χ1v) is 15.0. The highest BCUT2D eigenvalue weighted by Gasteiger charge is 2.54. The van der Waals surface area contributed by atoms with Crippen LogP contribution in [0, 0.1) is 5.82 Å². The number of amides is 1. The number of nitrogens with one attached hydrogen (secondary N) is 2. The van der Waals surface area contributed by atoms with Gasteiger partial charge in [-0.1, -0.05) is 71.7 Å². The van der Waals surface area contributed by atoms with Gasteiger partial charge in [-0.15, -0.1) is 0 Å². The van der Waals surface area contributed by atoms with Crippen LogP contribution in [0.1, 0.15) is 34.8 Å². The molecule has 228 valence electrons. The zero-order chi connectivity index (χ0) is 30.9. The van der Waals surface area contributed by atoms with E-state index >= 15 is 0 Å². The van der Waals surface area contributed by atoms with Crippen LogP contribution < -0.4 is 15.6 Å². The summed E-state index contributed by atoms with van der Waals surface area (Å²) in [6, 6.07) is 28.1. The second-order valence-corrected chi connectivity index (χ2v) is 11.2. The fourth-order valence-electron chi connectivity index (χ4n) is 5.03. The van der Waals surface area contributed by atoms with Crippen LogP contribution in [0.25, 0.3) is 0 Å². The molecule has 0 bridgehead atoms. The quantitative estimate of drug-likeness (QED) is 0.119. The molecule has 1 amide bonds. The van der Waals surface area contributed by atoms with Crippen LogP contribution in [-0.4, -0.2) is 42.2 Å². The van der Waals surface area contributed by atoms with Gasteiger partial charge in [-0.25, -0.2) is 14.8 Å². The molecule has 4 aromatic rings. The van der Waals surface area contributed by atoms with E-state index in [-0.39, 0.29) is 24.7 Å². The minimum atomic E-state index is -1.46. The van der Waals surface area contributed by atoms with Crippen molar-refractivity contribution in [2.45, 2.75) is 30.9 Å². The third-order valence-corrected chi connectivity index (χ3v) is 7.78. The van der Waals surface area contributed by atoms with Gasteiger partial charge in [0.05, 0.1) is 6.61 Å². The number of aliphatic imine (C=N–C) groups is 1. The van der Waals surface area contributed by atoms with Crippen molar-refractivity contribution in [3.63, 3.8) is 0 Å². The molecule has 0 aromatic heterocycles. The second kappa shape index (κ2) is 14.7. The summed E-state index contributed by atoms with van der Waals surface area (Å²) in [4.78, 5) is 19.2. The molecule has 44 heavy (non-hydrogen) atoms. The van der Waals surface area contributed by atoms with Crippen LogP contribution in [0.15, 0.2) is 102 Å². The largest absolute Gasteiger partial charge is 0.494 e. The van der Waals surface area contributed by atoms with Crippen LogP contribution in [0.5, 0.6) is 5.75 Å². The number of carbonyl (C=O) groups excluding carboxylic acids is 1. The molecule has 1 aliphatic rings. The van der Waals surface area contributed by atoms with Crippen molar-refractivity contribution in [1.82, 2.24) is 10.9 Å². The van der Waals surface area contributed by atoms with Crippen molar-refractivity contribution in [3.8, 4) is 5.75 Å². The normalized spacial score (nSPS) is 17.5. The Balaban J connectivity index is 1.48. The van der Waals surface area contributed by atoms with Gasteiger partial charge in [0.1, 0.15) is 11.6 Å². The Kier molecular flexibility index (Phi) is 10.5. The summed E-state index contributed by atoms with van der Waals surface area (Å²) in [5, 5.41) is 9.83. The Hall–Kier alpha value is -3.95. The van der Waals surface area contributed by atoms with Crippen LogP contribution in [-0.2, 0) is 22.4 Å². The number of aliphatic hydroxyl groups is 1. The fourth-order valence-corrected chi connectivity index (χ4v) is 5.54. The number of halogens is 3. The van der Waals surface area contributed by atoms with Gasteiger partial charge in [0.25, 0.3) is 5.91 Å². The predicted molar refractivity (Wildman–Crippen MR) is 170 cm³/mol. The summed E-state index contributed by atoms with van der Waals surface area (Å²) in [5.74, 6) is 0.170. The number of ether oxygens (including phenoxy) is 2. The molecule has 0 spiro atoms. The molecule has 10 heteroatoms. The van der Waals surface area contributed by atoms with Crippen molar-refractivity contribution >= 4 is 35.0 Å². The smallest absolute Gasteiger partial charge is 0.266 e. The Labute approximate surface area is 265 Å². The predicted octanol–water partition coefficient (Wildman–Crippen LogP) is 6.26. The topological polar surface area (TPSA) is 92.2 Å². The van der Waals surface area contributed by atoms with E-state index in [1.165, 1.54) is 12.1 Å². The summed E-state index contributed by atoms with van der Waals surface area (Å²) in [6.45, 7) is 0.789. The molecular weight excluding hydrogens is 604 g/mol. The van der Waals surface area contributed by atoms with E-state index < -0.39 is 17.6 Å². The van der Waals surface area contributed by atoms with Crippen molar-refractivity contribution in [3.05, 3.63) is 135 Å². The van der Waals surface area contributed by atoms with Crippen LogP contribution in [0.4, 0.5) is 4.39 Å². The second-order valence-electron chi connectivity index (χ2n) is 10.4. The maximum atomic E-state index is 14.2. The summed E-state index contributed by atoms with van der Waals surface area (Å²) in [7, 11) is 0. The van der Waals surface area contributed by atoms with Gasteiger partial charge in [-0.3, -0.25) is 10.2 Å². The molecule has 1 aliphatic heterocycles. The highest BCUT2D eigenvalue weighted by Crippen LogP contribution is 2.45. The molecule has 0 fully saturated rings. The average Bonchev–Trinajstić information content (AvgIpc) is 3.40. The molecule has 1 heterocycles. The highest BCUT2D eigenvalue weighted by atomic mass is 35.5. The lowest BCUT2D eigenvalue weighted by atomic mass is 9.82. The molecule has 5 rings (SSSR count). The Morgan fingerprint density at radius 2 is 1.75 bits per heavy atom.